The maximum atomic E-state index is 11.8. The number of halogens is 2. The van der Waals surface area contributed by atoms with Gasteiger partial charge in [0.2, 0.25) is 0 Å². The minimum atomic E-state index is -3.56. The highest BCUT2D eigenvalue weighted by atomic mass is 35.5. The third-order valence-corrected chi connectivity index (χ3v) is 4.31. The number of alkyl halides is 1. The second-order valence-corrected chi connectivity index (χ2v) is 5.73. The molecule has 0 aliphatic rings. The van der Waals surface area contributed by atoms with E-state index in [0.29, 0.717) is 6.42 Å². The molecule has 0 aliphatic heterocycles. The highest BCUT2D eigenvalue weighted by Gasteiger charge is 2.21. The Bertz CT molecular complexity index is 523. The molecule has 7 heteroatoms. The van der Waals surface area contributed by atoms with Gasteiger partial charge in [-0.3, -0.25) is 0 Å². The lowest BCUT2D eigenvalue weighted by Crippen LogP contribution is -2.10. The number of hydrogen-bond acceptors (Lipinski definition) is 4. The van der Waals surface area contributed by atoms with E-state index < -0.39 is 9.84 Å². The molecule has 0 atom stereocenters. The van der Waals surface area contributed by atoms with E-state index in [1.54, 1.807) is 6.07 Å². The molecule has 0 saturated carbocycles. The molecule has 0 radical (unpaired) electrons. The van der Waals surface area contributed by atoms with Crippen molar-refractivity contribution in [2.45, 2.75) is 11.4 Å². The van der Waals surface area contributed by atoms with Gasteiger partial charge in [0.15, 0.2) is 14.9 Å². The summed E-state index contributed by atoms with van der Waals surface area (Å²) in [5.74, 6) is 0.118. The lowest BCUT2D eigenvalue weighted by atomic mass is 10.3. The molecule has 0 spiro atoms. The molecule has 4 nitrogen and oxygen atoms in total. The van der Waals surface area contributed by atoms with Crippen molar-refractivity contribution in [3.63, 3.8) is 0 Å². The van der Waals surface area contributed by atoms with Crippen LogP contribution in [0.15, 0.2) is 17.3 Å². The van der Waals surface area contributed by atoms with E-state index in [1.807, 2.05) is 0 Å². The Kier molecular flexibility index (Phi) is 4.54. The fourth-order valence-electron chi connectivity index (χ4n) is 1.07. The number of rotatable bonds is 4. The molecule has 0 aromatic carbocycles. The molecule has 1 heterocycles. The van der Waals surface area contributed by atoms with Crippen molar-refractivity contribution >= 4 is 33.0 Å². The SMILES string of the molecule is N#Cc1ccnc(S(=O)(=O)CCCCl)c1Cl. The third kappa shape index (κ3) is 2.85. The molecular weight excluding hydrogens is 271 g/mol. The largest absolute Gasteiger partial charge is 0.243 e. The van der Waals surface area contributed by atoms with Crippen LogP contribution in [-0.4, -0.2) is 25.0 Å². The fourth-order valence-corrected chi connectivity index (χ4v) is 3.19. The van der Waals surface area contributed by atoms with Crippen molar-refractivity contribution in [2.24, 2.45) is 0 Å². The third-order valence-electron chi connectivity index (χ3n) is 1.82. The molecule has 0 amide bonds. The molecule has 1 rings (SSSR count). The van der Waals surface area contributed by atoms with Gasteiger partial charge in [-0.1, -0.05) is 11.6 Å². The average Bonchev–Trinajstić information content (AvgIpc) is 2.26. The fraction of sp³-hybridized carbons (Fsp3) is 0.333. The van der Waals surface area contributed by atoms with E-state index in [2.05, 4.69) is 4.98 Å². The second kappa shape index (κ2) is 5.48. The first kappa shape index (κ1) is 13.2. The highest BCUT2D eigenvalue weighted by molar-refractivity contribution is 7.91. The van der Waals surface area contributed by atoms with E-state index in [-0.39, 0.29) is 27.2 Å². The zero-order chi connectivity index (χ0) is 12.2. The van der Waals surface area contributed by atoms with Crippen LogP contribution in [0.3, 0.4) is 0 Å². The number of pyridine rings is 1. The van der Waals surface area contributed by atoms with Crippen molar-refractivity contribution in [1.29, 1.82) is 5.26 Å². The first-order valence-corrected chi connectivity index (χ1v) is 6.92. The molecule has 0 fully saturated rings. The molecule has 0 aliphatic carbocycles. The van der Waals surface area contributed by atoms with E-state index in [4.69, 9.17) is 28.5 Å². The molecule has 1 aromatic rings. The zero-order valence-corrected chi connectivity index (χ0v) is 10.5. The Morgan fingerprint density at radius 3 is 2.75 bits per heavy atom. The van der Waals surface area contributed by atoms with E-state index in [0.717, 1.165) is 0 Å². The summed E-state index contributed by atoms with van der Waals surface area (Å²) in [4.78, 5) is 3.70. The number of sulfone groups is 1. The molecule has 0 saturated heterocycles. The summed E-state index contributed by atoms with van der Waals surface area (Å²) in [5.41, 5.74) is 0.0983. The summed E-state index contributed by atoms with van der Waals surface area (Å²) in [5, 5.41) is 8.33. The number of hydrogen-bond donors (Lipinski definition) is 0. The molecule has 86 valence electrons. The van der Waals surface area contributed by atoms with Gasteiger partial charge in [-0.25, -0.2) is 13.4 Å². The van der Waals surface area contributed by atoms with Gasteiger partial charge in [0.25, 0.3) is 0 Å². The Morgan fingerprint density at radius 1 is 1.50 bits per heavy atom. The van der Waals surface area contributed by atoms with Crippen LogP contribution in [0.1, 0.15) is 12.0 Å². The van der Waals surface area contributed by atoms with Crippen LogP contribution < -0.4 is 0 Å². The molecule has 0 bridgehead atoms. The van der Waals surface area contributed by atoms with E-state index >= 15 is 0 Å². The first-order valence-electron chi connectivity index (χ1n) is 4.36. The average molecular weight is 279 g/mol. The van der Waals surface area contributed by atoms with E-state index in [9.17, 15) is 8.42 Å². The lowest BCUT2D eigenvalue weighted by molar-refractivity contribution is 0.591. The van der Waals surface area contributed by atoms with Gasteiger partial charge in [-0.15, -0.1) is 11.6 Å². The van der Waals surface area contributed by atoms with Crippen LogP contribution in [0.25, 0.3) is 0 Å². The van der Waals surface area contributed by atoms with Crippen LogP contribution in [0.2, 0.25) is 5.02 Å². The van der Waals surface area contributed by atoms with Crippen LogP contribution in [0.4, 0.5) is 0 Å². The van der Waals surface area contributed by atoms with Crippen molar-refractivity contribution in [3.8, 4) is 6.07 Å². The van der Waals surface area contributed by atoms with Crippen molar-refractivity contribution in [2.75, 3.05) is 11.6 Å². The number of aromatic nitrogens is 1. The summed E-state index contributed by atoms with van der Waals surface area (Å²) in [6.45, 7) is 0. The van der Waals surface area contributed by atoms with Crippen molar-refractivity contribution < 1.29 is 8.42 Å². The topological polar surface area (TPSA) is 70.8 Å². The Morgan fingerprint density at radius 2 is 2.19 bits per heavy atom. The van der Waals surface area contributed by atoms with Crippen LogP contribution in [0.5, 0.6) is 0 Å². The summed E-state index contributed by atoms with van der Waals surface area (Å²) >= 11 is 11.2. The predicted octanol–water partition coefficient (Wildman–Crippen LogP) is 2.01. The van der Waals surface area contributed by atoms with Gasteiger partial charge >= 0.3 is 0 Å². The van der Waals surface area contributed by atoms with Gasteiger partial charge in [0.1, 0.15) is 6.07 Å². The van der Waals surface area contributed by atoms with E-state index in [1.165, 1.54) is 12.3 Å². The minimum absolute atomic E-state index is 0.0983. The lowest BCUT2D eigenvalue weighted by Gasteiger charge is -2.04. The summed E-state index contributed by atoms with van der Waals surface area (Å²) in [6, 6.07) is 3.17. The van der Waals surface area contributed by atoms with Crippen LogP contribution in [-0.2, 0) is 9.84 Å². The van der Waals surface area contributed by atoms with Crippen LogP contribution >= 0.6 is 23.2 Å². The maximum absolute atomic E-state index is 11.8. The summed E-state index contributed by atoms with van der Waals surface area (Å²) < 4.78 is 23.5. The predicted molar refractivity (Wildman–Crippen MR) is 61.4 cm³/mol. The summed E-state index contributed by atoms with van der Waals surface area (Å²) in [6.07, 6.45) is 1.57. The molecular formula is C9H8Cl2N2O2S. The minimum Gasteiger partial charge on any atom is -0.243 e. The standard InChI is InChI=1S/C9H8Cl2N2O2S/c10-3-1-5-16(14,15)9-8(11)7(6-12)2-4-13-9/h2,4H,1,3,5H2. The summed E-state index contributed by atoms with van der Waals surface area (Å²) in [7, 11) is -3.56. The Balaban J connectivity index is 3.20. The Hall–Kier alpha value is -0.830. The molecule has 1 aromatic heterocycles. The van der Waals surface area contributed by atoms with Gasteiger partial charge in [-0.2, -0.15) is 5.26 Å². The van der Waals surface area contributed by atoms with Crippen molar-refractivity contribution in [1.82, 2.24) is 4.98 Å². The molecule has 16 heavy (non-hydrogen) atoms. The normalized spacial score (nSPS) is 11.1. The molecule has 0 unspecified atom stereocenters. The number of nitriles is 1. The van der Waals surface area contributed by atoms with Crippen molar-refractivity contribution in [3.05, 3.63) is 22.8 Å². The smallest absolute Gasteiger partial charge is 0.197 e. The second-order valence-electron chi connectivity index (χ2n) is 2.95. The van der Waals surface area contributed by atoms with Gasteiger partial charge in [0, 0.05) is 12.1 Å². The number of nitrogens with zero attached hydrogens (tertiary/aromatic N) is 2. The monoisotopic (exact) mass is 278 g/mol. The van der Waals surface area contributed by atoms with Gasteiger partial charge in [0.05, 0.1) is 16.3 Å². The van der Waals surface area contributed by atoms with Gasteiger partial charge < -0.3 is 0 Å². The Labute approximate surface area is 104 Å². The first-order chi connectivity index (χ1) is 7.53. The zero-order valence-electron chi connectivity index (χ0n) is 8.15. The van der Waals surface area contributed by atoms with Gasteiger partial charge in [-0.05, 0) is 12.5 Å². The molecule has 0 N–H and O–H groups in total. The maximum Gasteiger partial charge on any atom is 0.197 e. The van der Waals surface area contributed by atoms with Crippen LogP contribution in [0, 0.1) is 11.3 Å². The quantitative estimate of drug-likeness (QED) is 0.790. The highest BCUT2D eigenvalue weighted by Crippen LogP contribution is 2.23.